The van der Waals surface area contributed by atoms with E-state index in [0.29, 0.717) is 37.7 Å². The first-order chi connectivity index (χ1) is 25.7. The topological polar surface area (TPSA) is 217 Å². The van der Waals surface area contributed by atoms with Gasteiger partial charge >= 0.3 is 5.97 Å². The van der Waals surface area contributed by atoms with Crippen LogP contribution in [0.1, 0.15) is 96.1 Å². The van der Waals surface area contributed by atoms with Gasteiger partial charge in [-0.1, -0.05) is 84.7 Å². The van der Waals surface area contributed by atoms with Crippen molar-refractivity contribution in [2.45, 2.75) is 117 Å². The Kier molecular flexibility index (Phi) is 16.7. The molecule has 0 radical (unpaired) electrons. The molecule has 1 unspecified atom stereocenters. The fourth-order valence-corrected chi connectivity index (χ4v) is 6.50. The van der Waals surface area contributed by atoms with Crippen LogP contribution in [0.5, 0.6) is 0 Å². The molecule has 3 rings (SSSR count). The van der Waals surface area contributed by atoms with E-state index in [1.807, 2.05) is 20.8 Å². The number of likely N-dealkylation sites (tertiary alicyclic amines) is 1. The van der Waals surface area contributed by atoms with Crippen molar-refractivity contribution in [2.75, 3.05) is 6.54 Å². The van der Waals surface area contributed by atoms with E-state index in [9.17, 15) is 38.7 Å². The zero-order valence-electron chi connectivity index (χ0n) is 32.0. The van der Waals surface area contributed by atoms with Gasteiger partial charge in [0, 0.05) is 25.4 Å². The van der Waals surface area contributed by atoms with Crippen LogP contribution in [0.4, 0.5) is 0 Å². The summed E-state index contributed by atoms with van der Waals surface area (Å²) in [6, 6.07) is 3.02. The molecule has 0 bridgehead atoms. The Balaban J connectivity index is 1.78. The number of benzene rings is 1. The lowest BCUT2D eigenvalue weighted by molar-refractivity contribution is -0.146. The maximum Gasteiger partial charge on any atom is 0.326 e. The van der Waals surface area contributed by atoms with E-state index in [1.54, 1.807) is 51.1 Å². The molecule has 5 amide bonds. The van der Waals surface area contributed by atoms with Crippen LogP contribution in [0.3, 0.4) is 0 Å². The highest BCUT2D eigenvalue weighted by Gasteiger charge is 2.45. The summed E-state index contributed by atoms with van der Waals surface area (Å²) >= 11 is 0. The Morgan fingerprint density at radius 2 is 1.56 bits per heavy atom. The highest BCUT2D eigenvalue weighted by molar-refractivity contribution is 6.38. The number of nitrogens with one attached hydrogen (secondary N) is 4. The summed E-state index contributed by atoms with van der Waals surface area (Å²) in [6.45, 7) is 11.4. The average molecular weight is 750 g/mol. The third-order valence-electron chi connectivity index (χ3n) is 9.60. The molecule has 54 heavy (non-hydrogen) atoms. The third-order valence-corrected chi connectivity index (χ3v) is 9.60. The summed E-state index contributed by atoms with van der Waals surface area (Å²) in [4.78, 5) is 103. The van der Waals surface area contributed by atoms with E-state index >= 15 is 0 Å². The number of aliphatic carboxylic acids is 1. The number of carboxylic acid groups (broad SMARTS) is 1. The molecule has 0 aliphatic carbocycles. The quantitative estimate of drug-likeness (QED) is 0.125. The average Bonchev–Trinajstić information content (AvgIpc) is 3.59. The molecular weight excluding hydrogens is 694 g/mol. The highest BCUT2D eigenvalue weighted by atomic mass is 16.4. The predicted octanol–water partition coefficient (Wildman–Crippen LogP) is 2.45. The molecule has 1 aliphatic heterocycles. The molecule has 15 nitrogen and oxygen atoms in total. The SMILES string of the molecule is CCCC(NC(=O)[C@@H]1[C@@H](CC)CCN1C(=O)[C@@H](NC(=O)[C@H](CCC(C)C)NC(=O)c1cnccn1)C(C)C)C(=O)C(=O)N[C@@H](Cc1ccccc1)C(=O)O. The number of aromatic nitrogens is 2. The van der Waals surface area contributed by atoms with E-state index in [4.69, 9.17) is 0 Å². The van der Waals surface area contributed by atoms with Gasteiger partial charge in [0.15, 0.2) is 0 Å². The summed E-state index contributed by atoms with van der Waals surface area (Å²) < 4.78 is 0. The first-order valence-electron chi connectivity index (χ1n) is 18.8. The van der Waals surface area contributed by atoms with Gasteiger partial charge in [0.2, 0.25) is 23.5 Å². The minimum Gasteiger partial charge on any atom is -0.480 e. The molecular formula is C39H55N7O8. The molecule has 1 fully saturated rings. The van der Waals surface area contributed by atoms with Crippen molar-refractivity contribution >= 4 is 41.3 Å². The molecule has 1 aromatic carbocycles. The van der Waals surface area contributed by atoms with Crippen molar-refractivity contribution in [3.8, 4) is 0 Å². The van der Waals surface area contributed by atoms with E-state index in [-0.39, 0.29) is 36.9 Å². The third kappa shape index (κ3) is 12.2. The van der Waals surface area contributed by atoms with Crippen molar-refractivity contribution in [3.63, 3.8) is 0 Å². The van der Waals surface area contributed by atoms with Gasteiger partial charge in [0.1, 0.15) is 29.9 Å². The van der Waals surface area contributed by atoms with Gasteiger partial charge in [-0.3, -0.25) is 33.8 Å². The number of hydrogen-bond donors (Lipinski definition) is 5. The second-order valence-corrected chi connectivity index (χ2v) is 14.5. The van der Waals surface area contributed by atoms with Crippen molar-refractivity contribution in [1.29, 1.82) is 0 Å². The number of carbonyl (C=O) groups is 7. The highest BCUT2D eigenvalue weighted by Crippen LogP contribution is 2.29. The minimum absolute atomic E-state index is 0.0408. The maximum atomic E-state index is 14.3. The monoisotopic (exact) mass is 749 g/mol. The van der Waals surface area contributed by atoms with Crippen LogP contribution in [0.15, 0.2) is 48.9 Å². The lowest BCUT2D eigenvalue weighted by atomic mass is 9.95. The minimum atomic E-state index is -1.37. The molecule has 2 heterocycles. The Labute approximate surface area is 316 Å². The molecule has 15 heteroatoms. The van der Waals surface area contributed by atoms with Crippen LogP contribution < -0.4 is 21.3 Å². The van der Waals surface area contributed by atoms with Crippen molar-refractivity contribution in [1.82, 2.24) is 36.1 Å². The smallest absolute Gasteiger partial charge is 0.326 e. The number of carbonyl (C=O) groups excluding carboxylic acids is 6. The van der Waals surface area contributed by atoms with E-state index in [0.717, 1.165) is 0 Å². The fraction of sp³-hybridized carbons (Fsp3) is 0.564. The number of rotatable bonds is 20. The van der Waals surface area contributed by atoms with Crippen molar-refractivity contribution in [2.24, 2.45) is 17.8 Å². The number of hydrogen-bond acceptors (Lipinski definition) is 9. The van der Waals surface area contributed by atoms with Gasteiger partial charge in [-0.25, -0.2) is 9.78 Å². The Morgan fingerprint density at radius 3 is 2.13 bits per heavy atom. The number of carboxylic acids is 1. The summed E-state index contributed by atoms with van der Waals surface area (Å²) in [7, 11) is 0. The largest absolute Gasteiger partial charge is 0.480 e. The zero-order chi connectivity index (χ0) is 39.9. The van der Waals surface area contributed by atoms with Crippen molar-refractivity contribution < 1.29 is 38.7 Å². The van der Waals surface area contributed by atoms with Gasteiger partial charge in [0.05, 0.1) is 12.2 Å². The standard InChI is InChI=1S/C39H55N7O8/c1-7-12-27(33(47)37(51)44-29(39(53)54)21-25-13-10-9-11-14-25)42-36(50)32-26(8-2)17-20-46(32)38(52)31(24(5)6)45-34(48)28(16-15-23(3)4)43-35(49)30-22-40-18-19-41-30/h9-11,13-14,18-19,22-24,26-29,31-32H,7-8,12,15-17,20-21H2,1-6H3,(H,42,50)(H,43,49)(H,44,51)(H,45,48)(H,53,54)/t26-,27?,28-,29-,31-,32-/m0/s1. The normalized spacial score (nSPS) is 17.6. The predicted molar refractivity (Wildman–Crippen MR) is 200 cm³/mol. The number of ketones is 1. The molecule has 0 saturated carbocycles. The summed E-state index contributed by atoms with van der Waals surface area (Å²) in [5, 5.41) is 20.3. The van der Waals surface area contributed by atoms with Crippen LogP contribution in [0.25, 0.3) is 0 Å². The van der Waals surface area contributed by atoms with Gasteiger partial charge in [-0.15, -0.1) is 0 Å². The molecule has 0 spiro atoms. The molecule has 5 N–H and O–H groups in total. The fourth-order valence-electron chi connectivity index (χ4n) is 6.50. The van der Waals surface area contributed by atoms with Gasteiger partial charge < -0.3 is 31.3 Å². The van der Waals surface area contributed by atoms with Crippen LogP contribution in [-0.4, -0.2) is 98.0 Å². The molecule has 1 aliphatic rings. The maximum absolute atomic E-state index is 14.3. The van der Waals surface area contributed by atoms with E-state index < -0.39 is 77.4 Å². The Bertz CT molecular complexity index is 1600. The molecule has 294 valence electrons. The van der Waals surface area contributed by atoms with Crippen LogP contribution in [0.2, 0.25) is 0 Å². The zero-order valence-corrected chi connectivity index (χ0v) is 32.0. The van der Waals surface area contributed by atoms with E-state index in [1.165, 1.54) is 23.5 Å². The first-order valence-corrected chi connectivity index (χ1v) is 18.8. The number of amides is 5. The first kappa shape index (κ1) is 43.2. The van der Waals surface area contributed by atoms with Gasteiger partial charge in [-0.2, -0.15) is 0 Å². The Morgan fingerprint density at radius 1 is 0.852 bits per heavy atom. The molecule has 2 aromatic rings. The Hall–Kier alpha value is -5.21. The number of nitrogens with zero attached hydrogens (tertiary/aromatic N) is 3. The second kappa shape index (κ2) is 20.9. The van der Waals surface area contributed by atoms with Crippen molar-refractivity contribution in [3.05, 3.63) is 60.2 Å². The second-order valence-electron chi connectivity index (χ2n) is 14.5. The molecule has 1 saturated heterocycles. The van der Waals surface area contributed by atoms with Crippen LogP contribution >= 0.6 is 0 Å². The molecule has 1 aromatic heterocycles. The molecule has 6 atom stereocenters. The lowest BCUT2D eigenvalue weighted by Crippen LogP contribution is -2.60. The summed E-state index contributed by atoms with van der Waals surface area (Å²) in [5.41, 5.74) is 0.695. The number of Topliss-reactive ketones (excluding diaryl/α,β-unsaturated/α-hetero) is 1. The van der Waals surface area contributed by atoms with Gasteiger partial charge in [-0.05, 0) is 49.0 Å². The summed E-state index contributed by atoms with van der Waals surface area (Å²) in [5.74, 6) is -6.12. The van der Waals surface area contributed by atoms with E-state index in [2.05, 4.69) is 31.2 Å². The summed E-state index contributed by atoms with van der Waals surface area (Å²) in [6.07, 6.45) is 6.54. The van der Waals surface area contributed by atoms with Crippen LogP contribution in [0, 0.1) is 17.8 Å². The lowest BCUT2D eigenvalue weighted by Gasteiger charge is -2.33. The van der Waals surface area contributed by atoms with Gasteiger partial charge in [0.25, 0.3) is 11.8 Å². The van der Waals surface area contributed by atoms with Crippen LogP contribution in [-0.2, 0) is 35.2 Å².